The first-order chi connectivity index (χ1) is 19.8. The summed E-state index contributed by atoms with van der Waals surface area (Å²) in [4.78, 5) is 14.4. The monoisotopic (exact) mass is 530 g/mol. The molecule has 0 unspecified atom stereocenters. The number of nitrogens with zero attached hydrogens (tertiary/aromatic N) is 4. The molecular formula is C35H22N4S. The van der Waals surface area contributed by atoms with Crippen LogP contribution in [-0.4, -0.2) is 19.5 Å². The summed E-state index contributed by atoms with van der Waals surface area (Å²) in [5.74, 6) is 0. The lowest BCUT2D eigenvalue weighted by Gasteiger charge is -2.12. The van der Waals surface area contributed by atoms with Crippen LogP contribution in [0, 0.1) is 0 Å². The van der Waals surface area contributed by atoms with Crippen molar-refractivity contribution >= 4 is 43.4 Å². The summed E-state index contributed by atoms with van der Waals surface area (Å²) in [7, 11) is 0. The zero-order valence-electron chi connectivity index (χ0n) is 21.4. The molecule has 0 spiro atoms. The molecule has 4 nitrogen and oxygen atoms in total. The summed E-state index contributed by atoms with van der Waals surface area (Å²) in [5.41, 5.74) is 9.53. The lowest BCUT2D eigenvalue weighted by molar-refractivity contribution is 1.18. The summed E-state index contributed by atoms with van der Waals surface area (Å²) in [6, 6.07) is 42.2. The molecule has 4 aromatic carbocycles. The third kappa shape index (κ3) is 3.71. The maximum atomic E-state index is 5.06. The van der Waals surface area contributed by atoms with Crippen LogP contribution < -0.4 is 0 Å². The molecule has 0 radical (unpaired) electrons. The fraction of sp³-hybridized carbons (Fsp3) is 0. The molecule has 0 saturated carbocycles. The van der Waals surface area contributed by atoms with Gasteiger partial charge in [-0.1, -0.05) is 54.6 Å². The molecular weight excluding hydrogens is 508 g/mol. The van der Waals surface area contributed by atoms with Gasteiger partial charge in [-0.2, -0.15) is 0 Å². The van der Waals surface area contributed by atoms with Crippen molar-refractivity contribution in [1.29, 1.82) is 0 Å². The zero-order valence-corrected chi connectivity index (χ0v) is 22.2. The van der Waals surface area contributed by atoms with E-state index in [-0.39, 0.29) is 0 Å². The van der Waals surface area contributed by atoms with Crippen LogP contribution in [0.4, 0.5) is 0 Å². The van der Waals surface area contributed by atoms with Gasteiger partial charge in [0.1, 0.15) is 5.01 Å². The van der Waals surface area contributed by atoms with Crippen LogP contribution in [-0.2, 0) is 0 Å². The van der Waals surface area contributed by atoms with Gasteiger partial charge in [-0.3, -0.25) is 9.97 Å². The molecule has 8 aromatic rings. The van der Waals surface area contributed by atoms with Gasteiger partial charge in [0.2, 0.25) is 0 Å². The van der Waals surface area contributed by atoms with Gasteiger partial charge < -0.3 is 4.57 Å². The second kappa shape index (κ2) is 9.26. The highest BCUT2D eigenvalue weighted by Crippen LogP contribution is 2.42. The van der Waals surface area contributed by atoms with Gasteiger partial charge >= 0.3 is 0 Å². The number of pyridine rings is 2. The normalized spacial score (nSPS) is 11.5. The fourth-order valence-electron chi connectivity index (χ4n) is 5.53. The number of hydrogen-bond acceptors (Lipinski definition) is 4. The summed E-state index contributed by atoms with van der Waals surface area (Å²) in [5, 5.41) is 3.38. The standard InChI is InChI=1S/C35H22N4S/c1-3-16-32-25(12-1)27-21-26(30-14-6-8-19-37-30)28(35-38-31-15-2-4-17-34(31)40-35)22-33(27)39(32)24-11-9-10-23(20-24)29-13-5-7-18-36-29/h1-22H. The van der Waals surface area contributed by atoms with Crippen LogP contribution in [0.25, 0.3) is 70.8 Å². The van der Waals surface area contributed by atoms with Crippen molar-refractivity contribution in [3.8, 4) is 38.8 Å². The number of benzene rings is 4. The fourth-order valence-corrected chi connectivity index (χ4v) is 6.53. The molecule has 188 valence electrons. The molecule has 0 aliphatic rings. The Morgan fingerprint density at radius 3 is 2.15 bits per heavy atom. The van der Waals surface area contributed by atoms with Crippen molar-refractivity contribution in [2.24, 2.45) is 0 Å². The topological polar surface area (TPSA) is 43.6 Å². The van der Waals surface area contributed by atoms with E-state index < -0.39 is 0 Å². The molecule has 0 aliphatic heterocycles. The maximum Gasteiger partial charge on any atom is 0.125 e. The van der Waals surface area contributed by atoms with Gasteiger partial charge in [-0.05, 0) is 66.7 Å². The van der Waals surface area contributed by atoms with E-state index >= 15 is 0 Å². The predicted octanol–water partition coefficient (Wildman–Crippen LogP) is 9.18. The molecule has 8 rings (SSSR count). The maximum absolute atomic E-state index is 5.06. The number of hydrogen-bond donors (Lipinski definition) is 0. The van der Waals surface area contributed by atoms with Gasteiger partial charge in [0.25, 0.3) is 0 Å². The molecule has 0 fully saturated rings. The third-order valence-electron chi connectivity index (χ3n) is 7.34. The number of thiazole rings is 1. The largest absolute Gasteiger partial charge is 0.309 e. The first-order valence-corrected chi connectivity index (χ1v) is 14.0. The van der Waals surface area contributed by atoms with Crippen molar-refractivity contribution in [3.63, 3.8) is 0 Å². The highest BCUT2D eigenvalue weighted by Gasteiger charge is 2.20. The zero-order chi connectivity index (χ0) is 26.5. The van der Waals surface area contributed by atoms with Gasteiger partial charge in [-0.25, -0.2) is 4.98 Å². The van der Waals surface area contributed by atoms with E-state index in [9.17, 15) is 0 Å². The van der Waals surface area contributed by atoms with E-state index in [4.69, 9.17) is 9.97 Å². The van der Waals surface area contributed by atoms with Crippen molar-refractivity contribution in [2.75, 3.05) is 0 Å². The number of aromatic nitrogens is 4. The lowest BCUT2D eigenvalue weighted by Crippen LogP contribution is -1.96. The second-order valence-electron chi connectivity index (χ2n) is 9.73. The Hall–Kier alpha value is -5.13. The van der Waals surface area contributed by atoms with E-state index in [0.717, 1.165) is 55.3 Å². The van der Waals surface area contributed by atoms with Crippen molar-refractivity contribution in [2.45, 2.75) is 0 Å². The molecule has 0 atom stereocenters. The Morgan fingerprint density at radius 1 is 0.550 bits per heavy atom. The van der Waals surface area contributed by atoms with Crippen LogP contribution in [0.15, 0.2) is 134 Å². The van der Waals surface area contributed by atoms with Crippen molar-refractivity contribution in [1.82, 2.24) is 19.5 Å². The summed E-state index contributed by atoms with van der Waals surface area (Å²) < 4.78 is 3.53. The van der Waals surface area contributed by atoms with Crippen LogP contribution in [0.5, 0.6) is 0 Å². The van der Waals surface area contributed by atoms with E-state index in [1.54, 1.807) is 11.3 Å². The Labute approximate surface area is 234 Å². The van der Waals surface area contributed by atoms with Crippen LogP contribution >= 0.6 is 11.3 Å². The average molecular weight is 531 g/mol. The van der Waals surface area contributed by atoms with E-state index in [1.165, 1.54) is 15.5 Å². The Morgan fingerprint density at radius 2 is 1.32 bits per heavy atom. The number of rotatable bonds is 4. The molecule has 4 aromatic heterocycles. The van der Waals surface area contributed by atoms with Gasteiger partial charge in [0, 0.05) is 45.5 Å². The van der Waals surface area contributed by atoms with Gasteiger partial charge in [-0.15, -0.1) is 11.3 Å². The molecule has 40 heavy (non-hydrogen) atoms. The minimum Gasteiger partial charge on any atom is -0.309 e. The molecule has 0 aliphatic carbocycles. The van der Waals surface area contributed by atoms with Crippen LogP contribution in [0.2, 0.25) is 0 Å². The Kier molecular flexibility index (Phi) is 5.28. The highest BCUT2D eigenvalue weighted by molar-refractivity contribution is 7.21. The number of fused-ring (bicyclic) bond motifs is 4. The first kappa shape index (κ1) is 22.8. The van der Waals surface area contributed by atoms with Crippen LogP contribution in [0.3, 0.4) is 0 Å². The highest BCUT2D eigenvalue weighted by atomic mass is 32.1. The minimum absolute atomic E-state index is 0.938. The smallest absolute Gasteiger partial charge is 0.125 e. The molecule has 4 heterocycles. The minimum atomic E-state index is 0.938. The summed E-state index contributed by atoms with van der Waals surface area (Å²) >= 11 is 1.72. The molecule has 5 heteroatoms. The lowest BCUT2D eigenvalue weighted by atomic mass is 10.0. The number of para-hydroxylation sites is 2. The molecule has 0 saturated heterocycles. The van der Waals surface area contributed by atoms with Gasteiger partial charge in [0.15, 0.2) is 0 Å². The van der Waals surface area contributed by atoms with Crippen LogP contribution in [0.1, 0.15) is 0 Å². The summed E-state index contributed by atoms with van der Waals surface area (Å²) in [6.07, 6.45) is 3.69. The van der Waals surface area contributed by atoms with E-state index in [1.807, 2.05) is 42.7 Å². The van der Waals surface area contributed by atoms with Crippen molar-refractivity contribution < 1.29 is 0 Å². The van der Waals surface area contributed by atoms with E-state index in [0.29, 0.717) is 0 Å². The third-order valence-corrected chi connectivity index (χ3v) is 8.41. The SMILES string of the molecule is c1ccc(-c2cccc(-n3c4ccccc4c4cc(-c5ccccn5)c(-c5nc6ccccc6s5)cc43)c2)nc1. The quantitative estimate of drug-likeness (QED) is 0.228. The molecule has 0 amide bonds. The average Bonchev–Trinajstić information content (AvgIpc) is 3.60. The summed E-state index contributed by atoms with van der Waals surface area (Å²) in [6.45, 7) is 0. The Balaban J connectivity index is 1.45. The van der Waals surface area contributed by atoms with E-state index in [2.05, 4.69) is 101 Å². The first-order valence-electron chi connectivity index (χ1n) is 13.2. The predicted molar refractivity (Wildman–Crippen MR) is 166 cm³/mol. The van der Waals surface area contributed by atoms with Gasteiger partial charge in [0.05, 0.1) is 32.6 Å². The molecule has 0 N–H and O–H groups in total. The molecule has 0 bridgehead atoms. The Bertz CT molecular complexity index is 2130. The second-order valence-corrected chi connectivity index (χ2v) is 10.8. The van der Waals surface area contributed by atoms with Crippen molar-refractivity contribution in [3.05, 3.63) is 134 Å².